The van der Waals surface area contributed by atoms with Crippen molar-refractivity contribution in [2.24, 2.45) is 0 Å². The summed E-state index contributed by atoms with van der Waals surface area (Å²) in [5.41, 5.74) is -0.607. The smallest absolute Gasteiger partial charge is 0.416 e. The van der Waals surface area contributed by atoms with Gasteiger partial charge in [-0.1, -0.05) is 18.2 Å². The van der Waals surface area contributed by atoms with E-state index >= 15 is 0 Å². The summed E-state index contributed by atoms with van der Waals surface area (Å²) in [6.07, 6.45) is -4.44. The second-order valence-corrected chi connectivity index (χ2v) is 5.71. The quantitative estimate of drug-likeness (QED) is 0.839. The van der Waals surface area contributed by atoms with Gasteiger partial charge < -0.3 is 15.2 Å². The second kappa shape index (κ2) is 7.39. The zero-order valence-electron chi connectivity index (χ0n) is 12.1. The lowest BCUT2D eigenvalue weighted by molar-refractivity contribution is -0.255. The third-order valence-corrected chi connectivity index (χ3v) is 4.04. The van der Waals surface area contributed by atoms with Crippen LogP contribution in [0.5, 0.6) is 0 Å². The van der Waals surface area contributed by atoms with Crippen molar-refractivity contribution in [3.63, 3.8) is 0 Å². The molecule has 0 aliphatic rings. The van der Waals surface area contributed by atoms with Crippen LogP contribution in [0.25, 0.3) is 0 Å². The van der Waals surface area contributed by atoms with Crippen molar-refractivity contribution < 1.29 is 27.9 Å². The number of amides is 1. The van der Waals surface area contributed by atoms with Crippen LogP contribution in [-0.4, -0.2) is 17.6 Å². The van der Waals surface area contributed by atoms with Gasteiger partial charge in [-0.2, -0.15) is 13.2 Å². The Bertz CT molecular complexity index is 745. The van der Waals surface area contributed by atoms with Gasteiger partial charge in [0.2, 0.25) is 5.91 Å². The highest BCUT2D eigenvalue weighted by Gasteiger charge is 2.29. The number of nitrogens with one attached hydrogen (secondary N) is 1. The van der Waals surface area contributed by atoms with Crippen LogP contribution in [0.4, 0.5) is 18.9 Å². The first kappa shape index (κ1) is 17.9. The summed E-state index contributed by atoms with van der Waals surface area (Å²) in [5, 5.41) is 13.4. The predicted molar refractivity (Wildman–Crippen MR) is 81.6 cm³/mol. The molecule has 0 aromatic heterocycles. The van der Waals surface area contributed by atoms with Crippen LogP contribution in [0, 0.1) is 0 Å². The Balaban J connectivity index is 1.96. The maximum absolute atomic E-state index is 12.4. The van der Waals surface area contributed by atoms with E-state index in [-0.39, 0.29) is 17.0 Å². The van der Waals surface area contributed by atoms with Crippen molar-refractivity contribution in [1.29, 1.82) is 0 Å². The largest absolute Gasteiger partial charge is 0.545 e. The molecule has 0 unspecified atom stereocenters. The minimum atomic E-state index is -4.44. The van der Waals surface area contributed by atoms with Gasteiger partial charge in [-0.15, -0.1) is 11.8 Å². The normalized spacial score (nSPS) is 11.1. The predicted octanol–water partition coefficient (Wildman–Crippen LogP) is 2.80. The lowest BCUT2D eigenvalue weighted by Gasteiger charge is -2.10. The molecule has 0 atom stereocenters. The number of thioether (sulfide) groups is 1. The van der Waals surface area contributed by atoms with Crippen molar-refractivity contribution in [2.45, 2.75) is 11.1 Å². The number of aromatic carboxylic acids is 1. The van der Waals surface area contributed by atoms with Crippen LogP contribution in [0.15, 0.2) is 53.4 Å². The Morgan fingerprint density at radius 3 is 2.25 bits per heavy atom. The fourth-order valence-corrected chi connectivity index (χ4v) is 2.68. The van der Waals surface area contributed by atoms with E-state index in [1.807, 2.05) is 0 Å². The molecular weight excluding hydrogens is 343 g/mol. The summed E-state index contributed by atoms with van der Waals surface area (Å²) in [4.78, 5) is 23.2. The summed E-state index contributed by atoms with van der Waals surface area (Å²) < 4.78 is 37.3. The zero-order chi connectivity index (χ0) is 17.7. The molecule has 0 spiro atoms. The second-order valence-electron chi connectivity index (χ2n) is 4.70. The third-order valence-electron chi connectivity index (χ3n) is 2.96. The number of alkyl halides is 3. The molecule has 126 valence electrons. The number of hydrogen-bond donors (Lipinski definition) is 1. The van der Waals surface area contributed by atoms with E-state index in [0.29, 0.717) is 4.90 Å². The fraction of sp³-hybridized carbons (Fsp3) is 0.125. The molecule has 1 N–H and O–H groups in total. The van der Waals surface area contributed by atoms with Gasteiger partial charge in [-0.05, 0) is 30.3 Å². The van der Waals surface area contributed by atoms with Crippen LogP contribution < -0.4 is 10.4 Å². The van der Waals surface area contributed by atoms with E-state index in [4.69, 9.17) is 0 Å². The average Bonchev–Trinajstić information content (AvgIpc) is 2.53. The SMILES string of the molecule is O=C(CSc1ccccc1C(=O)[O-])Nc1ccc(C(F)(F)F)cc1. The zero-order valence-corrected chi connectivity index (χ0v) is 12.9. The van der Waals surface area contributed by atoms with Crippen molar-refractivity contribution in [1.82, 2.24) is 0 Å². The third kappa shape index (κ3) is 4.76. The van der Waals surface area contributed by atoms with Gasteiger partial charge in [0.1, 0.15) is 0 Å². The number of carbonyl (C=O) groups is 2. The van der Waals surface area contributed by atoms with Gasteiger partial charge in [0.15, 0.2) is 0 Å². The molecule has 0 fully saturated rings. The molecule has 1 amide bonds. The van der Waals surface area contributed by atoms with Crippen LogP contribution >= 0.6 is 11.8 Å². The molecular formula is C16H11F3NO3S-. The highest BCUT2D eigenvalue weighted by Crippen LogP contribution is 2.30. The summed E-state index contributed by atoms with van der Waals surface area (Å²) in [5.74, 6) is -1.90. The van der Waals surface area contributed by atoms with Crippen LogP contribution in [0.3, 0.4) is 0 Å². The summed E-state index contributed by atoms with van der Waals surface area (Å²) in [7, 11) is 0. The number of carboxylic acids is 1. The highest BCUT2D eigenvalue weighted by molar-refractivity contribution is 8.00. The summed E-state index contributed by atoms with van der Waals surface area (Å²) in [6.45, 7) is 0. The first-order valence-electron chi connectivity index (χ1n) is 6.67. The van der Waals surface area contributed by atoms with Gasteiger partial charge >= 0.3 is 6.18 Å². The first-order chi connectivity index (χ1) is 11.3. The average molecular weight is 354 g/mol. The Hall–Kier alpha value is -2.48. The molecule has 8 heteroatoms. The molecule has 0 heterocycles. The first-order valence-corrected chi connectivity index (χ1v) is 7.66. The molecule has 2 aromatic rings. The summed E-state index contributed by atoms with van der Waals surface area (Å²) in [6, 6.07) is 10.1. The minimum absolute atomic E-state index is 0.0233. The van der Waals surface area contributed by atoms with Gasteiger partial charge in [0, 0.05) is 16.1 Å². The standard InChI is InChI=1S/C16H12F3NO3S/c17-16(18,19)10-5-7-11(8-6-10)20-14(21)9-24-13-4-2-1-3-12(13)15(22)23/h1-8H,9H2,(H,20,21)(H,22,23)/p-1. The number of hydrogen-bond acceptors (Lipinski definition) is 4. The molecule has 2 rings (SSSR count). The molecule has 0 aliphatic carbocycles. The Kier molecular flexibility index (Phi) is 5.50. The van der Waals surface area contributed by atoms with E-state index in [1.165, 1.54) is 12.1 Å². The number of carbonyl (C=O) groups excluding carboxylic acids is 2. The van der Waals surface area contributed by atoms with Crippen molar-refractivity contribution in [3.05, 3.63) is 59.7 Å². The van der Waals surface area contributed by atoms with Crippen LogP contribution in [0.2, 0.25) is 0 Å². The molecule has 0 radical (unpaired) electrons. The minimum Gasteiger partial charge on any atom is -0.545 e. The highest BCUT2D eigenvalue weighted by atomic mass is 32.2. The fourth-order valence-electron chi connectivity index (χ4n) is 1.84. The van der Waals surface area contributed by atoms with Crippen molar-refractivity contribution in [2.75, 3.05) is 11.1 Å². The lowest BCUT2D eigenvalue weighted by Crippen LogP contribution is -2.23. The number of anilines is 1. The number of halogens is 3. The van der Waals surface area contributed by atoms with Gasteiger partial charge in [-0.3, -0.25) is 4.79 Å². The van der Waals surface area contributed by atoms with Crippen molar-refractivity contribution in [3.8, 4) is 0 Å². The van der Waals surface area contributed by atoms with Gasteiger partial charge in [0.05, 0.1) is 17.3 Å². The van der Waals surface area contributed by atoms with Crippen molar-refractivity contribution >= 4 is 29.3 Å². The number of carboxylic acid groups (broad SMARTS) is 1. The van der Waals surface area contributed by atoms with Gasteiger partial charge in [0.25, 0.3) is 0 Å². The summed E-state index contributed by atoms with van der Waals surface area (Å²) >= 11 is 0.997. The molecule has 0 aliphatic heterocycles. The van der Waals surface area contributed by atoms with E-state index in [1.54, 1.807) is 12.1 Å². The maximum atomic E-state index is 12.4. The molecule has 24 heavy (non-hydrogen) atoms. The Morgan fingerprint density at radius 2 is 1.67 bits per heavy atom. The van der Waals surface area contributed by atoms with Crippen LogP contribution in [-0.2, 0) is 11.0 Å². The molecule has 4 nitrogen and oxygen atoms in total. The van der Waals surface area contributed by atoms with Crippen LogP contribution in [0.1, 0.15) is 15.9 Å². The molecule has 0 saturated heterocycles. The molecule has 2 aromatic carbocycles. The Morgan fingerprint density at radius 1 is 1.04 bits per heavy atom. The Labute approximate surface area is 139 Å². The maximum Gasteiger partial charge on any atom is 0.416 e. The van der Waals surface area contributed by atoms with E-state index in [2.05, 4.69) is 5.32 Å². The molecule has 0 bridgehead atoms. The van der Waals surface area contributed by atoms with E-state index in [0.717, 1.165) is 36.0 Å². The monoisotopic (exact) mass is 354 g/mol. The topological polar surface area (TPSA) is 69.2 Å². The number of rotatable bonds is 5. The number of benzene rings is 2. The van der Waals surface area contributed by atoms with E-state index < -0.39 is 23.6 Å². The molecule has 0 saturated carbocycles. The van der Waals surface area contributed by atoms with E-state index in [9.17, 15) is 27.9 Å². The lowest BCUT2D eigenvalue weighted by atomic mass is 10.2. The van der Waals surface area contributed by atoms with Gasteiger partial charge in [-0.25, -0.2) is 0 Å².